The first-order chi connectivity index (χ1) is 21.2. The Bertz CT molecular complexity index is 2310. The molecule has 0 fully saturated rings. The van der Waals surface area contributed by atoms with Gasteiger partial charge in [-0.15, -0.1) is 0 Å². The Labute approximate surface area is 253 Å². The summed E-state index contributed by atoms with van der Waals surface area (Å²) >= 11 is 6.67. The van der Waals surface area contributed by atoms with E-state index in [0.29, 0.717) is 11.6 Å². The highest BCUT2D eigenvalue weighted by atomic mass is 35.5. The van der Waals surface area contributed by atoms with Crippen LogP contribution < -0.4 is 0 Å². The number of pyridine rings is 1. The molecule has 0 spiro atoms. The van der Waals surface area contributed by atoms with E-state index in [2.05, 4.69) is 112 Å². The Morgan fingerprint density at radius 1 is 0.419 bits per heavy atom. The number of fused-ring (bicyclic) bond motifs is 4. The van der Waals surface area contributed by atoms with Crippen LogP contribution in [0, 0.1) is 0 Å². The van der Waals surface area contributed by atoms with E-state index < -0.39 is 0 Å². The summed E-state index contributed by atoms with van der Waals surface area (Å²) in [6.07, 6.45) is 1.81. The molecular formula is C38H23ClN4. The molecule has 0 saturated heterocycles. The van der Waals surface area contributed by atoms with E-state index >= 15 is 0 Å². The highest BCUT2D eigenvalue weighted by molar-refractivity contribution is 6.28. The van der Waals surface area contributed by atoms with Crippen molar-refractivity contribution < 1.29 is 0 Å². The number of nitrogens with zero attached hydrogens (tertiary/aromatic N) is 4. The molecule has 6 aromatic carbocycles. The van der Waals surface area contributed by atoms with Gasteiger partial charge in [0.15, 0.2) is 11.6 Å². The quantitative estimate of drug-likeness (QED) is 0.197. The normalized spacial score (nSPS) is 11.4. The molecule has 202 valence electrons. The van der Waals surface area contributed by atoms with Gasteiger partial charge in [-0.3, -0.25) is 4.98 Å². The summed E-state index contributed by atoms with van der Waals surface area (Å²) < 4.78 is 0. The van der Waals surface area contributed by atoms with Gasteiger partial charge in [0, 0.05) is 22.9 Å². The molecule has 0 unspecified atom stereocenters. The van der Waals surface area contributed by atoms with Crippen LogP contribution >= 0.6 is 11.6 Å². The summed E-state index contributed by atoms with van der Waals surface area (Å²) in [4.78, 5) is 19.0. The number of hydrogen-bond acceptors (Lipinski definition) is 4. The van der Waals surface area contributed by atoms with Crippen molar-refractivity contribution in [2.24, 2.45) is 0 Å². The van der Waals surface area contributed by atoms with Crippen molar-refractivity contribution >= 4 is 43.9 Å². The second-order valence-corrected chi connectivity index (χ2v) is 10.8. The first-order valence-electron chi connectivity index (χ1n) is 14.1. The lowest BCUT2D eigenvalue weighted by atomic mass is 9.93. The molecule has 0 N–H and O–H groups in total. The molecule has 0 atom stereocenters. The number of halogens is 1. The maximum Gasteiger partial charge on any atom is 0.226 e. The second-order valence-electron chi connectivity index (χ2n) is 10.4. The van der Waals surface area contributed by atoms with E-state index in [1.807, 2.05) is 42.6 Å². The van der Waals surface area contributed by atoms with Gasteiger partial charge in [-0.1, -0.05) is 109 Å². The maximum atomic E-state index is 6.67. The van der Waals surface area contributed by atoms with Gasteiger partial charge < -0.3 is 0 Å². The first kappa shape index (κ1) is 25.3. The van der Waals surface area contributed by atoms with Gasteiger partial charge in [-0.05, 0) is 79.3 Å². The van der Waals surface area contributed by atoms with Gasteiger partial charge in [-0.2, -0.15) is 9.97 Å². The number of hydrogen-bond donors (Lipinski definition) is 0. The Kier molecular flexibility index (Phi) is 6.13. The van der Waals surface area contributed by atoms with Crippen molar-refractivity contribution in [3.8, 4) is 45.2 Å². The van der Waals surface area contributed by atoms with Crippen LogP contribution in [0.5, 0.6) is 0 Å². The third kappa shape index (κ3) is 4.49. The average Bonchev–Trinajstić information content (AvgIpc) is 3.07. The van der Waals surface area contributed by atoms with Crippen LogP contribution in [0.4, 0.5) is 0 Å². The molecule has 0 amide bonds. The smallest absolute Gasteiger partial charge is 0.226 e. The summed E-state index contributed by atoms with van der Waals surface area (Å²) in [5.74, 6) is 1.04. The Balaban J connectivity index is 1.38. The Morgan fingerprint density at radius 2 is 1.07 bits per heavy atom. The van der Waals surface area contributed by atoms with Gasteiger partial charge in [0.2, 0.25) is 5.28 Å². The lowest BCUT2D eigenvalue weighted by molar-refractivity contribution is 1.07. The Hall–Kier alpha value is -5.45. The second kappa shape index (κ2) is 10.4. The molecule has 2 heterocycles. The molecule has 0 saturated carbocycles. The molecule has 0 aliphatic rings. The minimum Gasteiger partial charge on any atom is -0.256 e. The minimum atomic E-state index is 0.143. The van der Waals surface area contributed by atoms with Gasteiger partial charge >= 0.3 is 0 Å². The molecule has 0 aliphatic heterocycles. The van der Waals surface area contributed by atoms with Crippen LogP contribution in [0.25, 0.3) is 77.5 Å². The highest BCUT2D eigenvalue weighted by Gasteiger charge is 2.18. The van der Waals surface area contributed by atoms with E-state index in [9.17, 15) is 0 Å². The molecule has 0 aliphatic carbocycles. The van der Waals surface area contributed by atoms with Gasteiger partial charge in [0.1, 0.15) is 0 Å². The molecule has 8 rings (SSSR count). The zero-order chi connectivity index (χ0) is 28.8. The SMILES string of the molecule is Clc1nc(-c2ccccc2-c2cccc3ccccc23)nc(-c2cc(-c3ccccn3)cc3c2ccc2ccccc23)n1. The molecule has 0 bridgehead atoms. The summed E-state index contributed by atoms with van der Waals surface area (Å²) in [6.45, 7) is 0. The highest BCUT2D eigenvalue weighted by Crippen LogP contribution is 2.39. The van der Waals surface area contributed by atoms with Crippen LogP contribution in [-0.4, -0.2) is 19.9 Å². The molecule has 5 heteroatoms. The summed E-state index contributed by atoms with van der Waals surface area (Å²) in [6, 6.07) is 45.9. The zero-order valence-corrected chi connectivity index (χ0v) is 23.7. The van der Waals surface area contributed by atoms with Crippen molar-refractivity contribution in [3.05, 3.63) is 145 Å². The molecule has 8 aromatic rings. The maximum absolute atomic E-state index is 6.67. The molecule has 2 aromatic heterocycles. The Morgan fingerprint density at radius 3 is 1.88 bits per heavy atom. The lowest BCUT2D eigenvalue weighted by Gasteiger charge is -2.14. The van der Waals surface area contributed by atoms with Crippen LogP contribution in [0.3, 0.4) is 0 Å². The predicted octanol–water partition coefficient (Wildman–Crippen LogP) is 10.0. The molecular weight excluding hydrogens is 548 g/mol. The van der Waals surface area contributed by atoms with Crippen molar-refractivity contribution in [2.75, 3.05) is 0 Å². The van der Waals surface area contributed by atoms with Gasteiger partial charge in [-0.25, -0.2) is 4.98 Å². The fraction of sp³-hybridized carbons (Fsp3) is 0. The van der Waals surface area contributed by atoms with Crippen LogP contribution in [-0.2, 0) is 0 Å². The topological polar surface area (TPSA) is 51.6 Å². The molecule has 4 nitrogen and oxygen atoms in total. The minimum absolute atomic E-state index is 0.143. The van der Waals surface area contributed by atoms with E-state index in [1.165, 1.54) is 10.8 Å². The first-order valence-corrected chi connectivity index (χ1v) is 14.5. The molecule has 43 heavy (non-hydrogen) atoms. The van der Waals surface area contributed by atoms with Crippen LogP contribution in [0.15, 0.2) is 140 Å². The van der Waals surface area contributed by atoms with Gasteiger partial charge in [0.25, 0.3) is 0 Å². The van der Waals surface area contributed by atoms with Crippen LogP contribution in [0.1, 0.15) is 0 Å². The largest absolute Gasteiger partial charge is 0.256 e. The van der Waals surface area contributed by atoms with Gasteiger partial charge in [0.05, 0.1) is 5.69 Å². The van der Waals surface area contributed by atoms with Crippen molar-refractivity contribution in [1.29, 1.82) is 0 Å². The van der Waals surface area contributed by atoms with E-state index in [-0.39, 0.29) is 5.28 Å². The summed E-state index contributed by atoms with van der Waals surface area (Å²) in [5.41, 5.74) is 5.76. The predicted molar refractivity (Wildman–Crippen MR) is 177 cm³/mol. The summed E-state index contributed by atoms with van der Waals surface area (Å²) in [5, 5.41) is 6.94. The van der Waals surface area contributed by atoms with E-state index in [0.717, 1.165) is 55.1 Å². The van der Waals surface area contributed by atoms with Crippen molar-refractivity contribution in [1.82, 2.24) is 19.9 Å². The fourth-order valence-electron chi connectivity index (χ4n) is 5.95. The van der Waals surface area contributed by atoms with E-state index in [1.54, 1.807) is 0 Å². The summed E-state index contributed by atoms with van der Waals surface area (Å²) in [7, 11) is 0. The third-order valence-corrected chi connectivity index (χ3v) is 8.09. The number of rotatable bonds is 4. The van der Waals surface area contributed by atoms with E-state index in [4.69, 9.17) is 16.6 Å². The fourth-order valence-corrected chi connectivity index (χ4v) is 6.11. The lowest BCUT2D eigenvalue weighted by Crippen LogP contribution is -2.00. The average molecular weight is 571 g/mol. The number of benzene rings is 6. The van der Waals surface area contributed by atoms with Crippen molar-refractivity contribution in [3.63, 3.8) is 0 Å². The standard InChI is InChI=1S/C38H23ClN4/c39-38-42-36(32-16-6-5-15-30(32)29-17-9-12-24-10-1-3-13-27(24)29)41-37(43-38)34-23-26(35-18-7-8-21-40-35)22-33-28-14-4-2-11-25(28)19-20-31(33)34/h1-23H. The molecule has 0 radical (unpaired) electrons. The zero-order valence-electron chi connectivity index (χ0n) is 22.9. The van der Waals surface area contributed by atoms with Crippen molar-refractivity contribution in [2.45, 2.75) is 0 Å². The monoisotopic (exact) mass is 570 g/mol. The number of aromatic nitrogens is 4. The third-order valence-electron chi connectivity index (χ3n) is 7.92. The van der Waals surface area contributed by atoms with Crippen LogP contribution in [0.2, 0.25) is 5.28 Å².